The molecule has 120 valence electrons. The molecule has 1 amide bonds. The Kier molecular flexibility index (Phi) is 4.33. The molecule has 0 aromatic heterocycles. The van der Waals surface area contributed by atoms with Crippen LogP contribution in [0.25, 0.3) is 0 Å². The van der Waals surface area contributed by atoms with Crippen molar-refractivity contribution >= 4 is 6.09 Å². The lowest BCUT2D eigenvalue weighted by atomic mass is 10.0. The van der Waals surface area contributed by atoms with Gasteiger partial charge in [0.15, 0.2) is 5.79 Å². The highest BCUT2D eigenvalue weighted by Gasteiger charge is 2.44. The molecule has 6 nitrogen and oxygen atoms in total. The van der Waals surface area contributed by atoms with Crippen molar-refractivity contribution in [2.75, 3.05) is 13.2 Å². The molecule has 0 bridgehead atoms. The molecule has 2 aliphatic heterocycles. The van der Waals surface area contributed by atoms with Crippen molar-refractivity contribution in [3.8, 4) is 0 Å². The summed E-state index contributed by atoms with van der Waals surface area (Å²) < 4.78 is 22.6. The van der Waals surface area contributed by atoms with Crippen molar-refractivity contribution < 1.29 is 23.7 Å². The third-order valence-corrected chi connectivity index (χ3v) is 3.78. The highest BCUT2D eigenvalue weighted by atomic mass is 16.7. The van der Waals surface area contributed by atoms with E-state index in [0.29, 0.717) is 13.2 Å². The molecule has 3 atom stereocenters. The summed E-state index contributed by atoms with van der Waals surface area (Å²) in [5, 5.41) is 2.77. The smallest absolute Gasteiger partial charge is 0.407 e. The Morgan fingerprint density at radius 2 is 2.05 bits per heavy atom. The van der Waals surface area contributed by atoms with E-state index < -0.39 is 11.9 Å². The Bertz CT molecular complexity index is 519. The van der Waals surface area contributed by atoms with E-state index in [1.54, 1.807) is 0 Å². The van der Waals surface area contributed by atoms with Crippen LogP contribution in [0, 0.1) is 0 Å². The first-order valence-corrected chi connectivity index (χ1v) is 7.44. The second-order valence-corrected chi connectivity index (χ2v) is 5.98. The van der Waals surface area contributed by atoms with E-state index in [4.69, 9.17) is 18.9 Å². The van der Waals surface area contributed by atoms with Gasteiger partial charge in [0.2, 0.25) is 0 Å². The van der Waals surface area contributed by atoms with E-state index in [1.807, 2.05) is 44.2 Å². The second kappa shape index (κ2) is 6.24. The molecule has 0 spiro atoms. The maximum atomic E-state index is 11.3. The minimum absolute atomic E-state index is 0.226. The molecule has 1 N–H and O–H groups in total. The number of hydrogen-bond donors (Lipinski definition) is 1. The summed E-state index contributed by atoms with van der Waals surface area (Å²) >= 11 is 0. The number of cyclic esters (lactones) is 1. The number of alkyl carbamates (subject to hydrolysis) is 1. The zero-order chi connectivity index (χ0) is 15.6. The molecule has 2 heterocycles. The molecule has 2 aliphatic rings. The first-order valence-electron chi connectivity index (χ1n) is 7.44. The number of benzene rings is 1. The Hall–Kier alpha value is -1.63. The Morgan fingerprint density at radius 3 is 2.73 bits per heavy atom. The van der Waals surface area contributed by atoms with Gasteiger partial charge in [0.1, 0.15) is 18.8 Å². The molecule has 0 radical (unpaired) electrons. The van der Waals surface area contributed by atoms with Crippen molar-refractivity contribution in [1.29, 1.82) is 0 Å². The van der Waals surface area contributed by atoms with Crippen molar-refractivity contribution in [3.05, 3.63) is 35.9 Å². The predicted molar refractivity (Wildman–Crippen MR) is 78.2 cm³/mol. The van der Waals surface area contributed by atoms with Crippen LogP contribution in [-0.4, -0.2) is 43.3 Å². The van der Waals surface area contributed by atoms with Crippen molar-refractivity contribution in [2.24, 2.45) is 0 Å². The topological polar surface area (TPSA) is 66.0 Å². The van der Waals surface area contributed by atoms with Crippen molar-refractivity contribution in [3.63, 3.8) is 0 Å². The van der Waals surface area contributed by atoms with Gasteiger partial charge in [-0.05, 0) is 19.4 Å². The van der Waals surface area contributed by atoms with Gasteiger partial charge in [-0.15, -0.1) is 0 Å². The minimum atomic E-state index is -0.704. The summed E-state index contributed by atoms with van der Waals surface area (Å²) in [5.74, 6) is -0.704. The molecule has 3 rings (SSSR count). The summed E-state index contributed by atoms with van der Waals surface area (Å²) in [6.45, 7) is 4.87. The molecule has 0 saturated carbocycles. The number of carbonyl (C=O) groups is 1. The third kappa shape index (κ3) is 3.58. The summed E-state index contributed by atoms with van der Waals surface area (Å²) in [4.78, 5) is 11.3. The second-order valence-electron chi connectivity index (χ2n) is 5.98. The van der Waals surface area contributed by atoms with Gasteiger partial charge < -0.3 is 24.3 Å². The average molecular weight is 307 g/mol. The van der Waals surface area contributed by atoms with Crippen LogP contribution in [0.1, 0.15) is 19.4 Å². The molecule has 6 heteroatoms. The lowest BCUT2D eigenvalue weighted by Gasteiger charge is -2.42. The van der Waals surface area contributed by atoms with E-state index in [0.717, 1.165) is 5.56 Å². The van der Waals surface area contributed by atoms with Crippen LogP contribution in [0.3, 0.4) is 0 Å². The zero-order valence-corrected chi connectivity index (χ0v) is 12.8. The van der Waals surface area contributed by atoms with E-state index >= 15 is 0 Å². The summed E-state index contributed by atoms with van der Waals surface area (Å²) in [5.41, 5.74) is 1.08. The number of hydrogen-bond acceptors (Lipinski definition) is 5. The Labute approximate surface area is 129 Å². The molecular formula is C16H21NO5. The van der Waals surface area contributed by atoms with Crippen molar-refractivity contribution in [2.45, 2.75) is 44.5 Å². The van der Waals surface area contributed by atoms with Crippen LogP contribution < -0.4 is 5.32 Å². The standard InChI is InChI=1S/C16H21NO5/c1-16(2)21-10-13(19-8-11-6-4-3-5-7-11)14(22-16)12-9-20-15(18)17-12/h3-7,12-14H,8-10H2,1-2H3,(H,17,18)/t12-,13+,14?/m1/s1. The molecule has 1 aromatic carbocycles. The quantitative estimate of drug-likeness (QED) is 0.919. The highest BCUT2D eigenvalue weighted by Crippen LogP contribution is 2.28. The Morgan fingerprint density at radius 1 is 1.27 bits per heavy atom. The van der Waals surface area contributed by atoms with E-state index in [1.165, 1.54) is 0 Å². The van der Waals surface area contributed by atoms with E-state index in [-0.39, 0.29) is 24.9 Å². The summed E-state index contributed by atoms with van der Waals surface area (Å²) in [7, 11) is 0. The number of rotatable bonds is 4. The highest BCUT2D eigenvalue weighted by molar-refractivity contribution is 5.69. The lowest BCUT2D eigenvalue weighted by Crippen LogP contribution is -2.57. The van der Waals surface area contributed by atoms with Gasteiger partial charge in [0.05, 0.1) is 19.3 Å². The van der Waals surface area contributed by atoms with Gasteiger partial charge in [-0.2, -0.15) is 0 Å². The van der Waals surface area contributed by atoms with Crippen LogP contribution in [0.4, 0.5) is 4.79 Å². The number of nitrogens with one attached hydrogen (secondary N) is 1. The number of carbonyl (C=O) groups excluding carboxylic acids is 1. The van der Waals surface area contributed by atoms with E-state index in [9.17, 15) is 4.79 Å². The van der Waals surface area contributed by atoms with Crippen LogP contribution in [0.2, 0.25) is 0 Å². The first-order chi connectivity index (χ1) is 10.5. The maximum absolute atomic E-state index is 11.3. The van der Waals surface area contributed by atoms with Crippen LogP contribution in [0.15, 0.2) is 30.3 Å². The molecule has 22 heavy (non-hydrogen) atoms. The largest absolute Gasteiger partial charge is 0.447 e. The maximum Gasteiger partial charge on any atom is 0.407 e. The average Bonchev–Trinajstić information content (AvgIpc) is 2.93. The zero-order valence-electron chi connectivity index (χ0n) is 12.8. The molecule has 1 unspecified atom stereocenters. The van der Waals surface area contributed by atoms with E-state index in [2.05, 4.69) is 5.32 Å². The molecule has 2 fully saturated rings. The van der Waals surface area contributed by atoms with Crippen LogP contribution in [-0.2, 0) is 25.6 Å². The van der Waals surface area contributed by atoms with Crippen molar-refractivity contribution in [1.82, 2.24) is 5.32 Å². The van der Waals surface area contributed by atoms with Crippen LogP contribution in [0.5, 0.6) is 0 Å². The first kappa shape index (κ1) is 15.3. The monoisotopic (exact) mass is 307 g/mol. The fourth-order valence-electron chi connectivity index (χ4n) is 2.65. The van der Waals surface area contributed by atoms with Crippen LogP contribution >= 0.6 is 0 Å². The normalized spacial score (nSPS) is 30.6. The summed E-state index contributed by atoms with van der Waals surface area (Å²) in [6, 6.07) is 9.69. The molecular weight excluding hydrogens is 286 g/mol. The fourth-order valence-corrected chi connectivity index (χ4v) is 2.65. The fraction of sp³-hybridized carbons (Fsp3) is 0.562. The van der Waals surface area contributed by atoms with Gasteiger partial charge >= 0.3 is 6.09 Å². The van der Waals surface area contributed by atoms with Gasteiger partial charge in [-0.25, -0.2) is 4.79 Å². The summed E-state index contributed by atoms with van der Waals surface area (Å²) in [6.07, 6.45) is -0.987. The lowest BCUT2D eigenvalue weighted by molar-refractivity contribution is -0.315. The van der Waals surface area contributed by atoms with Gasteiger partial charge in [-0.3, -0.25) is 0 Å². The molecule has 1 aromatic rings. The number of amides is 1. The third-order valence-electron chi connectivity index (χ3n) is 3.78. The predicted octanol–water partition coefficient (Wildman–Crippen LogP) is 1.83. The van der Waals surface area contributed by atoms with Gasteiger partial charge in [-0.1, -0.05) is 30.3 Å². The molecule has 2 saturated heterocycles. The van der Waals surface area contributed by atoms with Gasteiger partial charge in [0, 0.05) is 0 Å². The minimum Gasteiger partial charge on any atom is -0.447 e. The SMILES string of the molecule is CC1(C)OC[C@H](OCc2ccccc2)C([C@H]2COC(=O)N2)O1. The van der Waals surface area contributed by atoms with Gasteiger partial charge in [0.25, 0.3) is 0 Å². The number of ether oxygens (including phenoxy) is 4. The molecule has 0 aliphatic carbocycles. The Balaban J connectivity index is 1.66.